The number of rotatable bonds is 4. The molecule has 0 aliphatic carbocycles. The van der Waals surface area contributed by atoms with Gasteiger partial charge >= 0.3 is 0 Å². The smallest absolute Gasteiger partial charge is 0.257 e. The van der Waals surface area contributed by atoms with Gasteiger partial charge in [-0.1, -0.05) is 6.07 Å². The number of hydrogen-bond acceptors (Lipinski definition) is 5. The van der Waals surface area contributed by atoms with E-state index >= 15 is 0 Å². The molecule has 0 bridgehead atoms. The topological polar surface area (TPSA) is 58.8 Å². The molecule has 0 aromatic carbocycles. The molecule has 0 radical (unpaired) electrons. The second-order valence-electron chi connectivity index (χ2n) is 7.43. The highest BCUT2D eigenvalue weighted by atomic mass is 16.5. The van der Waals surface area contributed by atoms with E-state index in [2.05, 4.69) is 23.0 Å². The standard InChI is InChI=1S/C20H25N3O3/c1-22(13-16-3-2-7-21-12-16)18-11-20(26-15-18)5-8-23(9-6-20)19(24)17-4-10-25-14-17/h2-4,7,10,12,14,18H,5-6,8-9,11,13,15H2,1H3. The Morgan fingerprint density at radius 2 is 2.23 bits per heavy atom. The molecule has 2 aliphatic rings. The largest absolute Gasteiger partial charge is 0.472 e. The Labute approximate surface area is 153 Å². The summed E-state index contributed by atoms with van der Waals surface area (Å²) in [4.78, 5) is 20.9. The Hall–Kier alpha value is -2.18. The summed E-state index contributed by atoms with van der Waals surface area (Å²) in [6.07, 6.45) is 9.60. The fourth-order valence-electron chi connectivity index (χ4n) is 4.05. The SMILES string of the molecule is CN(Cc1cccnc1)C1COC2(CCN(C(=O)c3ccoc3)CC2)C1. The lowest BCUT2D eigenvalue weighted by molar-refractivity contribution is -0.0393. The first-order valence-electron chi connectivity index (χ1n) is 9.20. The van der Waals surface area contributed by atoms with Crippen LogP contribution in [0.5, 0.6) is 0 Å². The number of ether oxygens (including phenoxy) is 1. The van der Waals surface area contributed by atoms with Gasteiger partial charge in [0.05, 0.1) is 24.0 Å². The number of pyridine rings is 1. The number of carbonyl (C=O) groups is 1. The first-order valence-corrected chi connectivity index (χ1v) is 9.20. The zero-order valence-electron chi connectivity index (χ0n) is 15.1. The number of likely N-dealkylation sites (N-methyl/N-ethyl adjacent to an activating group) is 1. The third kappa shape index (κ3) is 3.52. The molecule has 2 aromatic heterocycles. The molecule has 138 valence electrons. The van der Waals surface area contributed by atoms with Gasteiger partial charge in [0, 0.05) is 38.1 Å². The van der Waals surface area contributed by atoms with E-state index in [0.717, 1.165) is 45.5 Å². The van der Waals surface area contributed by atoms with Gasteiger partial charge in [0.1, 0.15) is 6.26 Å². The number of furan rings is 1. The van der Waals surface area contributed by atoms with Crippen LogP contribution in [0.15, 0.2) is 47.5 Å². The summed E-state index contributed by atoms with van der Waals surface area (Å²) in [6.45, 7) is 3.11. The van der Waals surface area contributed by atoms with E-state index in [1.54, 1.807) is 18.5 Å². The molecule has 4 rings (SSSR count). The van der Waals surface area contributed by atoms with Crippen molar-refractivity contribution in [2.75, 3.05) is 26.7 Å². The van der Waals surface area contributed by atoms with E-state index < -0.39 is 0 Å². The number of aromatic nitrogens is 1. The monoisotopic (exact) mass is 355 g/mol. The lowest BCUT2D eigenvalue weighted by atomic mass is 9.87. The predicted molar refractivity (Wildman–Crippen MR) is 96.6 cm³/mol. The average Bonchev–Trinajstić information content (AvgIpc) is 3.33. The van der Waals surface area contributed by atoms with Gasteiger partial charge in [0.15, 0.2) is 0 Å². The van der Waals surface area contributed by atoms with Crippen LogP contribution < -0.4 is 0 Å². The van der Waals surface area contributed by atoms with Crippen LogP contribution in [0.4, 0.5) is 0 Å². The van der Waals surface area contributed by atoms with E-state index in [1.165, 1.54) is 11.8 Å². The van der Waals surface area contributed by atoms with Crippen molar-refractivity contribution >= 4 is 5.91 Å². The van der Waals surface area contributed by atoms with Crippen molar-refractivity contribution in [2.24, 2.45) is 0 Å². The summed E-state index contributed by atoms with van der Waals surface area (Å²) in [6, 6.07) is 6.21. The van der Waals surface area contributed by atoms with Crippen molar-refractivity contribution in [3.8, 4) is 0 Å². The van der Waals surface area contributed by atoms with Crippen molar-refractivity contribution in [1.82, 2.24) is 14.8 Å². The van der Waals surface area contributed by atoms with Crippen LogP contribution in [0.1, 0.15) is 35.2 Å². The van der Waals surface area contributed by atoms with Crippen molar-refractivity contribution in [3.05, 3.63) is 54.2 Å². The van der Waals surface area contributed by atoms with Gasteiger partial charge in [0.25, 0.3) is 5.91 Å². The molecule has 2 saturated heterocycles. The molecule has 6 heteroatoms. The number of carbonyl (C=O) groups excluding carboxylic acids is 1. The molecule has 1 amide bonds. The number of hydrogen-bond donors (Lipinski definition) is 0. The van der Waals surface area contributed by atoms with Crippen LogP contribution in [0.25, 0.3) is 0 Å². The predicted octanol–water partition coefficient (Wildman–Crippen LogP) is 2.57. The second kappa shape index (κ2) is 7.21. The fourth-order valence-corrected chi connectivity index (χ4v) is 4.05. The highest BCUT2D eigenvalue weighted by Gasteiger charge is 2.44. The summed E-state index contributed by atoms with van der Waals surface area (Å²) in [5.41, 5.74) is 1.76. The fraction of sp³-hybridized carbons (Fsp3) is 0.500. The van der Waals surface area contributed by atoms with Crippen LogP contribution in [-0.4, -0.2) is 59.1 Å². The van der Waals surface area contributed by atoms with Gasteiger partial charge in [-0.25, -0.2) is 0 Å². The van der Waals surface area contributed by atoms with Crippen LogP contribution in [-0.2, 0) is 11.3 Å². The quantitative estimate of drug-likeness (QED) is 0.844. The van der Waals surface area contributed by atoms with Gasteiger partial charge in [-0.15, -0.1) is 0 Å². The molecule has 6 nitrogen and oxygen atoms in total. The van der Waals surface area contributed by atoms with Gasteiger partial charge < -0.3 is 14.1 Å². The third-order valence-electron chi connectivity index (χ3n) is 5.70. The molecule has 2 aromatic rings. The van der Waals surface area contributed by atoms with E-state index in [1.807, 2.05) is 17.2 Å². The molecule has 4 heterocycles. The van der Waals surface area contributed by atoms with Crippen molar-refractivity contribution in [3.63, 3.8) is 0 Å². The van der Waals surface area contributed by atoms with Crippen molar-refractivity contribution in [1.29, 1.82) is 0 Å². The first-order chi connectivity index (χ1) is 12.7. The minimum Gasteiger partial charge on any atom is -0.472 e. The maximum Gasteiger partial charge on any atom is 0.257 e. The van der Waals surface area contributed by atoms with Crippen LogP contribution in [0.3, 0.4) is 0 Å². The number of amides is 1. The first kappa shape index (κ1) is 17.2. The Morgan fingerprint density at radius 1 is 1.38 bits per heavy atom. The van der Waals surface area contributed by atoms with Gasteiger partial charge in [-0.05, 0) is 44.0 Å². The summed E-state index contributed by atoms with van der Waals surface area (Å²) >= 11 is 0. The highest BCUT2D eigenvalue weighted by Crippen LogP contribution is 2.38. The van der Waals surface area contributed by atoms with Gasteiger partial charge in [-0.3, -0.25) is 14.7 Å². The normalized spacial score (nSPS) is 22.2. The molecular formula is C20H25N3O3. The maximum absolute atomic E-state index is 12.5. The molecule has 2 fully saturated rings. The lowest BCUT2D eigenvalue weighted by Gasteiger charge is -2.38. The van der Waals surface area contributed by atoms with E-state index in [-0.39, 0.29) is 11.5 Å². The van der Waals surface area contributed by atoms with Gasteiger partial charge in [-0.2, -0.15) is 0 Å². The minimum absolute atomic E-state index is 0.0526. The zero-order chi connectivity index (χ0) is 18.0. The molecule has 2 aliphatic heterocycles. The van der Waals surface area contributed by atoms with E-state index in [4.69, 9.17) is 9.15 Å². The Bertz CT molecular complexity index is 724. The molecule has 26 heavy (non-hydrogen) atoms. The second-order valence-corrected chi connectivity index (χ2v) is 7.43. The van der Waals surface area contributed by atoms with Gasteiger partial charge in [0.2, 0.25) is 0 Å². The van der Waals surface area contributed by atoms with Crippen molar-refractivity contribution in [2.45, 2.75) is 37.5 Å². The summed E-state index contributed by atoms with van der Waals surface area (Å²) in [7, 11) is 2.15. The Balaban J connectivity index is 1.32. The summed E-state index contributed by atoms with van der Waals surface area (Å²) in [5.74, 6) is 0.0526. The minimum atomic E-state index is -0.0823. The molecule has 0 N–H and O–H groups in total. The molecular weight excluding hydrogens is 330 g/mol. The molecule has 1 spiro atoms. The van der Waals surface area contributed by atoms with E-state index in [0.29, 0.717) is 11.6 Å². The maximum atomic E-state index is 12.5. The number of piperidine rings is 1. The van der Waals surface area contributed by atoms with Crippen molar-refractivity contribution < 1.29 is 13.9 Å². The Kier molecular flexibility index (Phi) is 4.78. The van der Waals surface area contributed by atoms with Crippen LogP contribution >= 0.6 is 0 Å². The third-order valence-corrected chi connectivity index (χ3v) is 5.70. The zero-order valence-corrected chi connectivity index (χ0v) is 15.1. The summed E-state index contributed by atoms with van der Waals surface area (Å²) < 4.78 is 11.3. The number of nitrogens with zero attached hydrogens (tertiary/aromatic N) is 3. The molecule has 0 saturated carbocycles. The lowest BCUT2D eigenvalue weighted by Crippen LogP contribution is -2.47. The summed E-state index contributed by atoms with van der Waals surface area (Å²) in [5, 5.41) is 0. The van der Waals surface area contributed by atoms with E-state index in [9.17, 15) is 4.79 Å². The molecule has 1 atom stereocenters. The average molecular weight is 355 g/mol. The molecule has 1 unspecified atom stereocenters. The highest BCUT2D eigenvalue weighted by molar-refractivity contribution is 5.93. The number of likely N-dealkylation sites (tertiary alicyclic amines) is 1. The van der Waals surface area contributed by atoms with Crippen LogP contribution in [0, 0.1) is 0 Å². The van der Waals surface area contributed by atoms with Crippen LogP contribution in [0.2, 0.25) is 0 Å². The Morgan fingerprint density at radius 3 is 2.92 bits per heavy atom.